The average Bonchev–Trinajstić information content (AvgIpc) is 3.26. The summed E-state index contributed by atoms with van der Waals surface area (Å²) >= 11 is 0. The number of aliphatic hydroxyl groups excluding tert-OH is 1. The van der Waals surface area contributed by atoms with Crippen LogP contribution in [-0.4, -0.2) is 70.5 Å². The number of ether oxygens (including phenoxy) is 1. The van der Waals surface area contributed by atoms with Gasteiger partial charge in [-0.3, -0.25) is 4.90 Å². The molecular weight excluding hydrogens is 414 g/mol. The van der Waals surface area contributed by atoms with Gasteiger partial charge in [0.2, 0.25) is 0 Å². The third-order valence-electron chi connectivity index (χ3n) is 6.16. The van der Waals surface area contributed by atoms with Gasteiger partial charge in [0.15, 0.2) is 5.65 Å². The Morgan fingerprint density at radius 1 is 0.939 bits per heavy atom. The van der Waals surface area contributed by atoms with Crippen LogP contribution in [0.1, 0.15) is 6.92 Å². The summed E-state index contributed by atoms with van der Waals surface area (Å²) in [6, 6.07) is 18.5. The number of piperazine rings is 1. The van der Waals surface area contributed by atoms with Crippen molar-refractivity contribution in [1.29, 1.82) is 0 Å². The van der Waals surface area contributed by atoms with Crippen molar-refractivity contribution in [3.63, 3.8) is 0 Å². The van der Waals surface area contributed by atoms with Gasteiger partial charge in [0.25, 0.3) is 0 Å². The molecule has 33 heavy (non-hydrogen) atoms. The molecule has 0 aliphatic carbocycles. The monoisotopic (exact) mass is 443 g/mol. The molecule has 1 aliphatic rings. The number of aliphatic hydroxyl groups is 1. The molecule has 1 saturated heterocycles. The lowest BCUT2D eigenvalue weighted by molar-refractivity contribution is 0.188. The largest absolute Gasteiger partial charge is 0.494 e. The number of fused-ring (bicyclic) bond motifs is 1. The van der Waals surface area contributed by atoms with E-state index in [9.17, 15) is 5.11 Å². The minimum atomic E-state index is 0.195. The van der Waals surface area contributed by atoms with Gasteiger partial charge in [-0.25, -0.2) is 9.97 Å². The maximum absolute atomic E-state index is 9.28. The normalized spacial score (nSPS) is 14.7. The van der Waals surface area contributed by atoms with Crippen molar-refractivity contribution >= 4 is 16.9 Å². The molecule has 1 N–H and O–H groups in total. The molecule has 0 spiro atoms. The lowest BCUT2D eigenvalue weighted by atomic mass is 10.1. The van der Waals surface area contributed by atoms with Gasteiger partial charge in [-0.05, 0) is 36.8 Å². The fourth-order valence-electron chi connectivity index (χ4n) is 4.51. The molecule has 4 aromatic rings. The minimum Gasteiger partial charge on any atom is -0.494 e. The van der Waals surface area contributed by atoms with Crippen molar-refractivity contribution in [3.05, 3.63) is 67.1 Å². The van der Waals surface area contributed by atoms with Gasteiger partial charge < -0.3 is 19.3 Å². The highest BCUT2D eigenvalue weighted by atomic mass is 16.5. The van der Waals surface area contributed by atoms with E-state index in [-0.39, 0.29) is 6.61 Å². The first-order valence-electron chi connectivity index (χ1n) is 11.5. The topological polar surface area (TPSA) is 66.7 Å². The van der Waals surface area contributed by atoms with Crippen molar-refractivity contribution in [1.82, 2.24) is 19.4 Å². The summed E-state index contributed by atoms with van der Waals surface area (Å²) in [4.78, 5) is 14.1. The Kier molecular flexibility index (Phi) is 6.24. The molecule has 1 aliphatic heterocycles. The van der Waals surface area contributed by atoms with E-state index in [1.165, 1.54) is 0 Å². The Hall–Kier alpha value is -3.42. The Morgan fingerprint density at radius 3 is 2.39 bits per heavy atom. The van der Waals surface area contributed by atoms with Gasteiger partial charge in [0, 0.05) is 50.2 Å². The van der Waals surface area contributed by atoms with Crippen molar-refractivity contribution in [2.45, 2.75) is 6.92 Å². The summed E-state index contributed by atoms with van der Waals surface area (Å²) in [5.74, 6) is 1.82. The van der Waals surface area contributed by atoms with Crippen LogP contribution in [0, 0.1) is 0 Å². The number of aromatic nitrogens is 3. The predicted molar refractivity (Wildman–Crippen MR) is 131 cm³/mol. The summed E-state index contributed by atoms with van der Waals surface area (Å²) < 4.78 is 7.76. The zero-order chi connectivity index (χ0) is 22.6. The third kappa shape index (κ3) is 4.29. The molecule has 170 valence electrons. The van der Waals surface area contributed by atoms with Crippen LogP contribution in [-0.2, 0) is 0 Å². The van der Waals surface area contributed by atoms with Crippen LogP contribution in [0.25, 0.3) is 27.8 Å². The number of nitrogens with zero attached hydrogens (tertiary/aromatic N) is 5. The van der Waals surface area contributed by atoms with Crippen molar-refractivity contribution in [2.75, 3.05) is 50.8 Å². The van der Waals surface area contributed by atoms with Crippen LogP contribution >= 0.6 is 0 Å². The zero-order valence-electron chi connectivity index (χ0n) is 18.9. The Morgan fingerprint density at radius 2 is 1.70 bits per heavy atom. The van der Waals surface area contributed by atoms with E-state index in [4.69, 9.17) is 14.7 Å². The number of rotatable bonds is 7. The zero-order valence-corrected chi connectivity index (χ0v) is 18.9. The molecule has 0 saturated carbocycles. The fraction of sp³-hybridized carbons (Fsp3) is 0.308. The van der Waals surface area contributed by atoms with Crippen molar-refractivity contribution in [2.24, 2.45) is 0 Å². The van der Waals surface area contributed by atoms with E-state index in [0.717, 1.165) is 72.1 Å². The molecule has 0 atom stereocenters. The van der Waals surface area contributed by atoms with Crippen LogP contribution in [0.3, 0.4) is 0 Å². The number of hydrogen-bond acceptors (Lipinski definition) is 6. The molecule has 0 radical (unpaired) electrons. The smallest absolute Gasteiger partial charge is 0.150 e. The number of anilines is 1. The predicted octanol–water partition coefficient (Wildman–Crippen LogP) is 3.60. The van der Waals surface area contributed by atoms with Crippen LogP contribution in [0.5, 0.6) is 5.75 Å². The van der Waals surface area contributed by atoms with Gasteiger partial charge in [-0.2, -0.15) is 0 Å². The quantitative estimate of drug-likeness (QED) is 0.471. The van der Waals surface area contributed by atoms with E-state index >= 15 is 0 Å². The SMILES string of the molecule is CCOc1ccc(-n2cc(-c3ccccc3)c3c(N4CCN(CCO)CC4)ncnc32)cc1. The molecule has 0 amide bonds. The van der Waals surface area contributed by atoms with Crippen LogP contribution < -0.4 is 9.64 Å². The van der Waals surface area contributed by atoms with Crippen LogP contribution in [0.15, 0.2) is 67.1 Å². The van der Waals surface area contributed by atoms with Gasteiger partial charge in [-0.15, -0.1) is 0 Å². The molecule has 2 aromatic heterocycles. The molecule has 0 unspecified atom stereocenters. The first kappa shape index (κ1) is 21.4. The standard InChI is InChI=1S/C26H29N5O2/c1-2-33-22-10-8-21(9-11-22)31-18-23(20-6-4-3-5-7-20)24-25(27-19-28-26(24)31)30-14-12-29(13-15-30)16-17-32/h3-11,18-19,32H,2,12-17H2,1H3. The van der Waals surface area contributed by atoms with Crippen LogP contribution in [0.2, 0.25) is 0 Å². The average molecular weight is 444 g/mol. The third-order valence-corrected chi connectivity index (χ3v) is 6.16. The van der Waals surface area contributed by atoms with Gasteiger partial charge in [0.1, 0.15) is 17.9 Å². The summed E-state index contributed by atoms with van der Waals surface area (Å²) in [6.45, 7) is 7.10. The Bertz CT molecular complexity index is 1200. The lowest BCUT2D eigenvalue weighted by Gasteiger charge is -2.35. The van der Waals surface area contributed by atoms with Gasteiger partial charge in [-0.1, -0.05) is 30.3 Å². The maximum atomic E-state index is 9.28. The number of hydrogen-bond donors (Lipinski definition) is 1. The second-order valence-electron chi connectivity index (χ2n) is 8.15. The molecule has 3 heterocycles. The summed E-state index contributed by atoms with van der Waals surface area (Å²) in [7, 11) is 0. The van der Waals surface area contributed by atoms with Crippen molar-refractivity contribution in [3.8, 4) is 22.6 Å². The Balaban J connectivity index is 1.61. The van der Waals surface area contributed by atoms with E-state index in [2.05, 4.69) is 57.0 Å². The minimum absolute atomic E-state index is 0.195. The molecule has 5 rings (SSSR count). The highest BCUT2D eigenvalue weighted by Crippen LogP contribution is 2.37. The summed E-state index contributed by atoms with van der Waals surface area (Å²) in [6.07, 6.45) is 3.83. The van der Waals surface area contributed by atoms with E-state index < -0.39 is 0 Å². The summed E-state index contributed by atoms with van der Waals surface area (Å²) in [5.41, 5.74) is 4.18. The summed E-state index contributed by atoms with van der Waals surface area (Å²) in [5, 5.41) is 10.3. The molecule has 7 heteroatoms. The first-order chi connectivity index (χ1) is 16.3. The van der Waals surface area contributed by atoms with E-state index in [1.807, 2.05) is 25.1 Å². The lowest BCUT2D eigenvalue weighted by Crippen LogP contribution is -2.47. The molecule has 2 aromatic carbocycles. The fourth-order valence-corrected chi connectivity index (χ4v) is 4.51. The molecule has 0 bridgehead atoms. The Labute approximate surface area is 193 Å². The molecular formula is C26H29N5O2. The van der Waals surface area contributed by atoms with E-state index in [1.54, 1.807) is 6.33 Å². The van der Waals surface area contributed by atoms with Crippen LogP contribution in [0.4, 0.5) is 5.82 Å². The molecule has 7 nitrogen and oxygen atoms in total. The highest BCUT2D eigenvalue weighted by molar-refractivity contribution is 6.02. The number of benzene rings is 2. The first-order valence-corrected chi connectivity index (χ1v) is 11.5. The number of β-amino-alcohol motifs (C(OH)–C–C–N with tert-alkyl or cyclic N) is 1. The van der Waals surface area contributed by atoms with Gasteiger partial charge >= 0.3 is 0 Å². The van der Waals surface area contributed by atoms with Gasteiger partial charge in [0.05, 0.1) is 18.6 Å². The maximum Gasteiger partial charge on any atom is 0.150 e. The second kappa shape index (κ2) is 9.60. The van der Waals surface area contributed by atoms with Crippen molar-refractivity contribution < 1.29 is 9.84 Å². The highest BCUT2D eigenvalue weighted by Gasteiger charge is 2.23. The molecule has 1 fully saturated rings. The second-order valence-corrected chi connectivity index (χ2v) is 8.15. The van der Waals surface area contributed by atoms with E-state index in [0.29, 0.717) is 6.61 Å².